The van der Waals surface area contributed by atoms with Gasteiger partial charge in [-0.3, -0.25) is 0 Å². The number of aromatic nitrogens is 1. The lowest BCUT2D eigenvalue weighted by molar-refractivity contribution is 0.0696. The zero-order valence-electron chi connectivity index (χ0n) is 10.7. The summed E-state index contributed by atoms with van der Waals surface area (Å²) in [4.78, 5) is 14.2. The van der Waals surface area contributed by atoms with Crippen molar-refractivity contribution >= 4 is 16.0 Å². The van der Waals surface area contributed by atoms with E-state index in [1.807, 2.05) is 0 Å². The number of ether oxygens (including phenoxy) is 1. The minimum atomic E-state index is -3.75. The minimum absolute atomic E-state index is 0.0778. The molecule has 0 spiro atoms. The van der Waals surface area contributed by atoms with Crippen LogP contribution in [0.15, 0.2) is 23.4 Å². The third-order valence-corrected chi connectivity index (χ3v) is 3.63. The van der Waals surface area contributed by atoms with Crippen molar-refractivity contribution < 1.29 is 28.2 Å². The first-order chi connectivity index (χ1) is 9.47. The lowest BCUT2D eigenvalue weighted by Crippen LogP contribution is -2.26. The molecule has 0 radical (unpaired) electrons. The third kappa shape index (κ3) is 5.21. The van der Waals surface area contributed by atoms with E-state index in [9.17, 15) is 13.2 Å². The molecule has 1 rings (SSSR count). The number of nitrogens with zero attached hydrogens (tertiary/aromatic N) is 1. The van der Waals surface area contributed by atoms with Crippen molar-refractivity contribution in [1.82, 2.24) is 9.71 Å². The monoisotopic (exact) mass is 304 g/mol. The molecule has 0 aliphatic rings. The lowest BCUT2D eigenvalue weighted by Gasteiger charge is -2.06. The van der Waals surface area contributed by atoms with Crippen LogP contribution in [0, 0.1) is 0 Å². The van der Waals surface area contributed by atoms with Crippen molar-refractivity contribution in [2.45, 2.75) is 11.4 Å². The second-order valence-corrected chi connectivity index (χ2v) is 5.49. The predicted octanol–water partition coefficient (Wildman–Crippen LogP) is -0.543. The molecule has 0 unspecified atom stereocenters. The second-order valence-electron chi connectivity index (χ2n) is 3.78. The SMILES string of the molecule is O=C(O)c1ccc(S(=O)(=O)NCCCOCCO)nc1. The number of carboxylic acids is 1. The molecule has 0 fully saturated rings. The van der Waals surface area contributed by atoms with E-state index in [4.69, 9.17) is 14.9 Å². The van der Waals surface area contributed by atoms with Crippen molar-refractivity contribution in [2.24, 2.45) is 0 Å². The summed E-state index contributed by atoms with van der Waals surface area (Å²) in [5.41, 5.74) is -0.0821. The molecular formula is C11H16N2O6S. The fourth-order valence-corrected chi connectivity index (χ4v) is 2.29. The average Bonchev–Trinajstić information content (AvgIpc) is 2.43. The van der Waals surface area contributed by atoms with Crippen molar-refractivity contribution in [3.05, 3.63) is 23.9 Å². The van der Waals surface area contributed by atoms with E-state index >= 15 is 0 Å². The van der Waals surface area contributed by atoms with Crippen LogP contribution in [0.2, 0.25) is 0 Å². The van der Waals surface area contributed by atoms with E-state index < -0.39 is 16.0 Å². The van der Waals surface area contributed by atoms with E-state index in [0.29, 0.717) is 13.0 Å². The van der Waals surface area contributed by atoms with Gasteiger partial charge in [0.1, 0.15) is 0 Å². The largest absolute Gasteiger partial charge is 0.478 e. The number of hydrogen-bond acceptors (Lipinski definition) is 6. The Bertz CT molecular complexity index is 528. The molecule has 0 saturated heterocycles. The van der Waals surface area contributed by atoms with Crippen LogP contribution in [-0.4, -0.2) is 55.9 Å². The summed E-state index contributed by atoms with van der Waals surface area (Å²) < 4.78 is 30.9. The van der Waals surface area contributed by atoms with Crippen LogP contribution in [0.1, 0.15) is 16.8 Å². The molecule has 0 bridgehead atoms. The predicted molar refractivity (Wildman–Crippen MR) is 68.9 cm³/mol. The Kier molecular flexibility index (Phi) is 6.52. The second kappa shape index (κ2) is 7.90. The van der Waals surface area contributed by atoms with Gasteiger partial charge in [-0.2, -0.15) is 0 Å². The molecule has 0 aliphatic carbocycles. The van der Waals surface area contributed by atoms with Crippen LogP contribution >= 0.6 is 0 Å². The van der Waals surface area contributed by atoms with Gasteiger partial charge in [-0.1, -0.05) is 0 Å². The number of aliphatic hydroxyl groups excluding tert-OH is 1. The number of sulfonamides is 1. The molecular weight excluding hydrogens is 288 g/mol. The van der Waals surface area contributed by atoms with E-state index in [1.54, 1.807) is 0 Å². The minimum Gasteiger partial charge on any atom is -0.478 e. The Morgan fingerprint density at radius 3 is 2.65 bits per heavy atom. The fraction of sp³-hybridized carbons (Fsp3) is 0.455. The highest BCUT2D eigenvalue weighted by atomic mass is 32.2. The molecule has 0 atom stereocenters. The standard InChI is InChI=1S/C11H16N2O6S/c14-5-7-19-6-1-4-13-20(17,18)10-3-2-9(8-12-10)11(15)16/h2-3,8,13-14H,1,4-7H2,(H,15,16). The maximum absolute atomic E-state index is 11.8. The topological polar surface area (TPSA) is 126 Å². The van der Waals surface area contributed by atoms with Crippen LogP contribution < -0.4 is 4.72 Å². The summed E-state index contributed by atoms with van der Waals surface area (Å²) >= 11 is 0. The van der Waals surface area contributed by atoms with Crippen LogP contribution in [0.3, 0.4) is 0 Å². The van der Waals surface area contributed by atoms with Crippen molar-refractivity contribution in [3.63, 3.8) is 0 Å². The molecule has 20 heavy (non-hydrogen) atoms. The first-order valence-electron chi connectivity index (χ1n) is 5.85. The van der Waals surface area contributed by atoms with E-state index in [0.717, 1.165) is 12.3 Å². The lowest BCUT2D eigenvalue weighted by atomic mass is 10.3. The normalized spacial score (nSPS) is 11.4. The van der Waals surface area contributed by atoms with Gasteiger partial charge in [-0.25, -0.2) is 22.9 Å². The summed E-state index contributed by atoms with van der Waals surface area (Å²) in [6.07, 6.45) is 1.44. The van der Waals surface area contributed by atoms with E-state index in [1.165, 1.54) is 6.07 Å². The smallest absolute Gasteiger partial charge is 0.337 e. The molecule has 1 aromatic heterocycles. The highest BCUT2D eigenvalue weighted by Crippen LogP contribution is 2.06. The van der Waals surface area contributed by atoms with Crippen LogP contribution in [0.25, 0.3) is 0 Å². The Balaban J connectivity index is 2.49. The van der Waals surface area contributed by atoms with Gasteiger partial charge in [-0.15, -0.1) is 0 Å². The summed E-state index contributed by atoms with van der Waals surface area (Å²) in [5.74, 6) is -1.17. The highest BCUT2D eigenvalue weighted by Gasteiger charge is 2.15. The molecule has 1 aromatic rings. The summed E-state index contributed by atoms with van der Waals surface area (Å²) in [6.45, 7) is 0.626. The highest BCUT2D eigenvalue weighted by molar-refractivity contribution is 7.89. The number of aliphatic hydroxyl groups is 1. The number of rotatable bonds is 9. The van der Waals surface area contributed by atoms with Gasteiger partial charge >= 0.3 is 5.97 Å². The fourth-order valence-electron chi connectivity index (χ4n) is 1.29. The molecule has 0 amide bonds. The number of carboxylic acid groups (broad SMARTS) is 1. The summed E-state index contributed by atoms with van der Waals surface area (Å²) in [5, 5.41) is 16.9. The molecule has 3 N–H and O–H groups in total. The zero-order chi connectivity index (χ0) is 15.0. The van der Waals surface area contributed by atoms with Gasteiger partial charge < -0.3 is 14.9 Å². The molecule has 0 aromatic carbocycles. The average molecular weight is 304 g/mol. The number of hydrogen-bond donors (Lipinski definition) is 3. The quantitative estimate of drug-likeness (QED) is 0.523. The number of pyridine rings is 1. The Labute approximate surface area is 116 Å². The third-order valence-electron chi connectivity index (χ3n) is 2.25. The van der Waals surface area contributed by atoms with E-state index in [2.05, 4.69) is 9.71 Å². The zero-order valence-corrected chi connectivity index (χ0v) is 11.5. The molecule has 9 heteroatoms. The molecule has 1 heterocycles. The first-order valence-corrected chi connectivity index (χ1v) is 7.33. The molecule has 0 saturated carbocycles. The van der Waals surface area contributed by atoms with Crippen molar-refractivity contribution in [1.29, 1.82) is 0 Å². The molecule has 0 aliphatic heterocycles. The summed E-state index contributed by atoms with van der Waals surface area (Å²) in [6, 6.07) is 2.31. The van der Waals surface area contributed by atoms with Crippen LogP contribution in [0.4, 0.5) is 0 Å². The molecule has 112 valence electrons. The maximum atomic E-state index is 11.8. The first kappa shape index (κ1) is 16.5. The van der Waals surface area contributed by atoms with E-state index in [-0.39, 0.29) is 30.3 Å². The van der Waals surface area contributed by atoms with Crippen molar-refractivity contribution in [2.75, 3.05) is 26.4 Å². The number of nitrogens with one attached hydrogen (secondary N) is 1. The van der Waals surface area contributed by atoms with Gasteiger partial charge in [0.05, 0.1) is 18.8 Å². The van der Waals surface area contributed by atoms with Gasteiger partial charge in [0.15, 0.2) is 5.03 Å². The Morgan fingerprint density at radius 1 is 1.35 bits per heavy atom. The van der Waals surface area contributed by atoms with Crippen LogP contribution in [-0.2, 0) is 14.8 Å². The maximum Gasteiger partial charge on any atom is 0.337 e. The van der Waals surface area contributed by atoms with Crippen molar-refractivity contribution in [3.8, 4) is 0 Å². The Hall–Kier alpha value is -1.55. The Morgan fingerprint density at radius 2 is 2.10 bits per heavy atom. The number of aromatic carboxylic acids is 1. The van der Waals surface area contributed by atoms with Gasteiger partial charge in [0.2, 0.25) is 0 Å². The van der Waals surface area contributed by atoms with Gasteiger partial charge in [0.25, 0.3) is 10.0 Å². The van der Waals surface area contributed by atoms with Gasteiger partial charge in [-0.05, 0) is 18.6 Å². The number of carbonyl (C=O) groups is 1. The summed E-state index contributed by atoms with van der Waals surface area (Å²) in [7, 11) is -3.75. The van der Waals surface area contributed by atoms with Gasteiger partial charge in [0, 0.05) is 19.3 Å². The van der Waals surface area contributed by atoms with Crippen LogP contribution in [0.5, 0.6) is 0 Å². The molecule has 8 nitrogen and oxygen atoms in total.